The molecule has 0 aromatic carbocycles. The summed E-state index contributed by atoms with van der Waals surface area (Å²) in [4.78, 5) is 5.38. The van der Waals surface area contributed by atoms with Crippen molar-refractivity contribution < 1.29 is 9.47 Å². The Morgan fingerprint density at radius 2 is 1.74 bits per heavy atom. The maximum atomic E-state index is 5.53. The lowest BCUT2D eigenvalue weighted by Gasteiger charge is -2.43. The molecule has 2 atom stereocenters. The predicted molar refractivity (Wildman–Crippen MR) is 77.5 cm³/mol. The zero-order chi connectivity index (χ0) is 13.7. The summed E-state index contributed by atoms with van der Waals surface area (Å²) in [5, 5.41) is 0. The first kappa shape index (κ1) is 15.2. The van der Waals surface area contributed by atoms with Gasteiger partial charge in [0.25, 0.3) is 0 Å². The van der Waals surface area contributed by atoms with Gasteiger partial charge in [0.05, 0.1) is 13.2 Å². The molecular formula is C15H30N2O2. The number of methoxy groups -OCH3 is 1. The highest BCUT2D eigenvalue weighted by atomic mass is 16.5. The van der Waals surface area contributed by atoms with Crippen LogP contribution in [0.1, 0.15) is 33.1 Å². The third-order valence-corrected chi connectivity index (χ3v) is 4.41. The lowest BCUT2D eigenvalue weighted by Crippen LogP contribution is -2.56. The van der Waals surface area contributed by atoms with Crippen LogP contribution in [0.15, 0.2) is 0 Å². The average Bonchev–Trinajstić information content (AvgIpc) is 2.66. The van der Waals surface area contributed by atoms with Crippen molar-refractivity contribution in [2.75, 3.05) is 46.6 Å². The van der Waals surface area contributed by atoms with E-state index < -0.39 is 0 Å². The molecule has 2 aliphatic rings. The molecular weight excluding hydrogens is 240 g/mol. The van der Waals surface area contributed by atoms with Crippen LogP contribution in [0.2, 0.25) is 0 Å². The van der Waals surface area contributed by atoms with E-state index in [0.29, 0.717) is 12.6 Å². The highest BCUT2D eigenvalue weighted by molar-refractivity contribution is 4.96. The van der Waals surface area contributed by atoms with Crippen LogP contribution in [0.4, 0.5) is 0 Å². The fourth-order valence-corrected chi connectivity index (χ4v) is 3.68. The van der Waals surface area contributed by atoms with Crippen molar-refractivity contribution in [3.05, 3.63) is 0 Å². The number of likely N-dealkylation sites (tertiary alicyclic amines) is 1. The molecule has 0 radical (unpaired) electrons. The Labute approximate surface area is 118 Å². The largest absolute Gasteiger partial charge is 0.382 e. The van der Waals surface area contributed by atoms with Gasteiger partial charge in [-0.2, -0.15) is 0 Å². The van der Waals surface area contributed by atoms with E-state index in [0.717, 1.165) is 31.7 Å². The first-order valence-electron chi connectivity index (χ1n) is 7.79. The van der Waals surface area contributed by atoms with Crippen molar-refractivity contribution in [3.8, 4) is 0 Å². The molecule has 2 heterocycles. The smallest absolute Gasteiger partial charge is 0.0700 e. The van der Waals surface area contributed by atoms with Crippen LogP contribution < -0.4 is 0 Å². The van der Waals surface area contributed by atoms with E-state index in [1.807, 2.05) is 0 Å². The van der Waals surface area contributed by atoms with E-state index in [2.05, 4.69) is 23.6 Å². The van der Waals surface area contributed by atoms with Gasteiger partial charge in [-0.3, -0.25) is 4.90 Å². The summed E-state index contributed by atoms with van der Waals surface area (Å²) in [7, 11) is 1.72. The Hall–Kier alpha value is -0.160. The number of hydrogen-bond donors (Lipinski definition) is 0. The van der Waals surface area contributed by atoms with E-state index in [1.54, 1.807) is 7.11 Å². The molecule has 0 aliphatic carbocycles. The highest BCUT2D eigenvalue weighted by Crippen LogP contribution is 2.31. The molecule has 4 heteroatoms. The second-order valence-electron chi connectivity index (χ2n) is 6.14. The zero-order valence-corrected chi connectivity index (χ0v) is 12.8. The third kappa shape index (κ3) is 4.15. The van der Waals surface area contributed by atoms with Crippen LogP contribution in [0.3, 0.4) is 0 Å². The van der Waals surface area contributed by atoms with Crippen LogP contribution in [-0.2, 0) is 9.47 Å². The summed E-state index contributed by atoms with van der Waals surface area (Å²) in [6, 6.07) is 2.30. The van der Waals surface area contributed by atoms with Crippen LogP contribution in [0.25, 0.3) is 0 Å². The van der Waals surface area contributed by atoms with Gasteiger partial charge in [0, 0.05) is 51.5 Å². The Morgan fingerprint density at radius 1 is 1.05 bits per heavy atom. The summed E-state index contributed by atoms with van der Waals surface area (Å²) in [6.45, 7) is 10.7. The van der Waals surface area contributed by atoms with E-state index in [1.165, 1.54) is 32.5 Å². The molecule has 2 saturated heterocycles. The first-order chi connectivity index (χ1) is 9.22. The van der Waals surface area contributed by atoms with Crippen molar-refractivity contribution in [1.82, 2.24) is 9.80 Å². The average molecular weight is 270 g/mol. The second kappa shape index (κ2) is 7.58. The van der Waals surface area contributed by atoms with Gasteiger partial charge in [-0.25, -0.2) is 0 Å². The summed E-state index contributed by atoms with van der Waals surface area (Å²) < 4.78 is 10.5. The molecule has 0 saturated carbocycles. The van der Waals surface area contributed by atoms with E-state index >= 15 is 0 Å². The maximum absolute atomic E-state index is 5.53. The monoisotopic (exact) mass is 270 g/mol. The van der Waals surface area contributed by atoms with Gasteiger partial charge in [0.2, 0.25) is 0 Å². The molecule has 2 fully saturated rings. The van der Waals surface area contributed by atoms with Gasteiger partial charge >= 0.3 is 0 Å². The summed E-state index contributed by atoms with van der Waals surface area (Å²) in [5.41, 5.74) is 0. The van der Waals surface area contributed by atoms with Crippen molar-refractivity contribution in [3.63, 3.8) is 0 Å². The molecule has 0 N–H and O–H groups in total. The van der Waals surface area contributed by atoms with Crippen LogP contribution in [-0.4, -0.2) is 74.5 Å². The molecule has 0 spiro atoms. The molecule has 2 unspecified atom stereocenters. The van der Waals surface area contributed by atoms with Gasteiger partial charge in [-0.1, -0.05) is 0 Å². The maximum Gasteiger partial charge on any atom is 0.0700 e. The topological polar surface area (TPSA) is 24.9 Å². The minimum absolute atomic E-state index is 0.706. The Bertz CT molecular complexity index is 247. The molecule has 0 aromatic rings. The lowest BCUT2D eigenvalue weighted by molar-refractivity contribution is 0.0323. The fraction of sp³-hybridized carbons (Fsp3) is 1.00. The molecule has 0 amide bonds. The summed E-state index contributed by atoms with van der Waals surface area (Å²) >= 11 is 0. The Balaban J connectivity index is 1.63. The third-order valence-electron chi connectivity index (χ3n) is 4.41. The first-order valence-corrected chi connectivity index (χ1v) is 7.79. The van der Waals surface area contributed by atoms with Gasteiger partial charge in [0.15, 0.2) is 0 Å². The molecule has 19 heavy (non-hydrogen) atoms. The fourth-order valence-electron chi connectivity index (χ4n) is 3.68. The van der Waals surface area contributed by atoms with E-state index in [-0.39, 0.29) is 0 Å². The second-order valence-corrected chi connectivity index (χ2v) is 6.14. The minimum Gasteiger partial charge on any atom is -0.382 e. The van der Waals surface area contributed by atoms with Crippen molar-refractivity contribution in [2.24, 2.45) is 0 Å². The molecule has 4 nitrogen and oxygen atoms in total. The summed E-state index contributed by atoms with van der Waals surface area (Å²) in [5.74, 6) is 0. The standard InChI is InChI=1S/C15H30N2O2/c1-13(2)17-14-5-6-15(17)12-16(11-14)7-4-8-19-10-9-18-3/h13-15H,4-12H2,1-3H3. The van der Waals surface area contributed by atoms with Crippen LogP contribution in [0.5, 0.6) is 0 Å². The van der Waals surface area contributed by atoms with Gasteiger partial charge < -0.3 is 14.4 Å². The van der Waals surface area contributed by atoms with Crippen molar-refractivity contribution in [1.29, 1.82) is 0 Å². The number of rotatable bonds is 8. The van der Waals surface area contributed by atoms with Crippen LogP contribution >= 0.6 is 0 Å². The van der Waals surface area contributed by atoms with E-state index in [4.69, 9.17) is 9.47 Å². The predicted octanol–water partition coefficient (Wildman–Crippen LogP) is 1.60. The van der Waals surface area contributed by atoms with Crippen LogP contribution in [0, 0.1) is 0 Å². The number of hydrogen-bond acceptors (Lipinski definition) is 4. The highest BCUT2D eigenvalue weighted by Gasteiger charge is 2.40. The Morgan fingerprint density at radius 3 is 2.32 bits per heavy atom. The molecule has 2 aliphatic heterocycles. The number of ether oxygens (including phenoxy) is 2. The van der Waals surface area contributed by atoms with Crippen molar-refractivity contribution in [2.45, 2.75) is 51.2 Å². The van der Waals surface area contributed by atoms with Gasteiger partial charge in [0.1, 0.15) is 0 Å². The number of fused-ring (bicyclic) bond motifs is 2. The SMILES string of the molecule is COCCOCCCN1CC2CCC(C1)N2C(C)C. The Kier molecular flexibility index (Phi) is 6.07. The zero-order valence-electron chi connectivity index (χ0n) is 12.8. The summed E-state index contributed by atoms with van der Waals surface area (Å²) in [6.07, 6.45) is 3.93. The lowest BCUT2D eigenvalue weighted by atomic mass is 10.1. The number of nitrogens with zero attached hydrogens (tertiary/aromatic N) is 2. The van der Waals surface area contributed by atoms with Gasteiger partial charge in [-0.05, 0) is 33.1 Å². The normalized spacial score (nSPS) is 28.4. The molecule has 2 bridgehead atoms. The molecule has 112 valence electrons. The van der Waals surface area contributed by atoms with Crippen molar-refractivity contribution >= 4 is 0 Å². The molecule has 2 rings (SSSR count). The minimum atomic E-state index is 0.706. The number of piperazine rings is 1. The quantitative estimate of drug-likeness (QED) is 0.626. The van der Waals surface area contributed by atoms with E-state index in [9.17, 15) is 0 Å². The van der Waals surface area contributed by atoms with Gasteiger partial charge in [-0.15, -0.1) is 0 Å². The molecule has 0 aromatic heterocycles.